The van der Waals surface area contributed by atoms with Gasteiger partial charge in [-0.05, 0) is 0 Å². The second-order valence-corrected chi connectivity index (χ2v) is 4.51. The normalized spacial score (nSPS) is 10.8. The number of hydrogen-bond donors (Lipinski definition) is 2. The summed E-state index contributed by atoms with van der Waals surface area (Å²) in [6.45, 7) is 0. The summed E-state index contributed by atoms with van der Waals surface area (Å²) < 4.78 is 0. The molecule has 0 saturated heterocycles. The van der Waals surface area contributed by atoms with Gasteiger partial charge in [-0.2, -0.15) is 0 Å². The van der Waals surface area contributed by atoms with Gasteiger partial charge in [0.1, 0.15) is 0 Å². The highest BCUT2D eigenvalue weighted by Crippen LogP contribution is 2.30. The van der Waals surface area contributed by atoms with Crippen LogP contribution in [-0.4, -0.2) is 45.9 Å². The molecule has 0 aliphatic carbocycles. The topological polar surface area (TPSA) is 276 Å². The van der Waals surface area contributed by atoms with Crippen LogP contribution in [0, 0.1) is 0 Å². The Hall–Kier alpha value is -2.28. The number of carbonyl (C=O) groups is 4. The molecular formula is C10H16N2O10-4. The molecule has 0 bridgehead atoms. The SMILES string of the molecule is NC(CC(=O)[O-])(CC(=O)[O-])C(N)(CC(=O)[O-])CC(=O)[O-].O.O. The molecule has 0 rings (SSSR count). The zero-order chi connectivity index (χ0) is 16.1. The van der Waals surface area contributed by atoms with Crippen molar-refractivity contribution in [2.45, 2.75) is 36.8 Å². The molecule has 0 radical (unpaired) electrons. The van der Waals surface area contributed by atoms with Crippen molar-refractivity contribution >= 4 is 23.9 Å². The van der Waals surface area contributed by atoms with Crippen molar-refractivity contribution in [3.8, 4) is 0 Å². The molecule has 0 unspecified atom stereocenters. The first kappa shape index (κ1) is 24.7. The lowest BCUT2D eigenvalue weighted by Gasteiger charge is -2.47. The van der Waals surface area contributed by atoms with Gasteiger partial charge in [0, 0.05) is 60.6 Å². The van der Waals surface area contributed by atoms with E-state index in [1.165, 1.54) is 0 Å². The molecule has 0 amide bonds. The molecule has 0 fully saturated rings. The van der Waals surface area contributed by atoms with Gasteiger partial charge < -0.3 is 62.0 Å². The Morgan fingerprint density at radius 1 is 0.591 bits per heavy atom. The van der Waals surface area contributed by atoms with Gasteiger partial charge in [-0.15, -0.1) is 0 Å². The molecule has 0 atom stereocenters. The largest absolute Gasteiger partial charge is 0.550 e. The third-order valence-corrected chi connectivity index (χ3v) is 2.83. The van der Waals surface area contributed by atoms with E-state index in [9.17, 15) is 39.6 Å². The summed E-state index contributed by atoms with van der Waals surface area (Å²) in [6.07, 6.45) is -4.73. The monoisotopic (exact) mass is 324 g/mol. The van der Waals surface area contributed by atoms with E-state index in [0.29, 0.717) is 0 Å². The van der Waals surface area contributed by atoms with Crippen molar-refractivity contribution < 1.29 is 50.6 Å². The highest BCUT2D eigenvalue weighted by Gasteiger charge is 2.46. The van der Waals surface area contributed by atoms with Crippen LogP contribution >= 0.6 is 0 Å². The summed E-state index contributed by atoms with van der Waals surface area (Å²) in [7, 11) is 0. The van der Waals surface area contributed by atoms with Gasteiger partial charge in [0.15, 0.2) is 0 Å². The average molecular weight is 324 g/mol. The highest BCUT2D eigenvalue weighted by atomic mass is 16.4. The third kappa shape index (κ3) is 6.94. The Kier molecular flexibility index (Phi) is 9.98. The lowest BCUT2D eigenvalue weighted by Crippen LogP contribution is -2.71. The molecule has 12 nitrogen and oxygen atoms in total. The maximum absolute atomic E-state index is 10.6. The Morgan fingerprint density at radius 3 is 0.818 bits per heavy atom. The maximum Gasteiger partial charge on any atom is 0.0449 e. The van der Waals surface area contributed by atoms with Gasteiger partial charge in [-0.3, -0.25) is 0 Å². The first-order valence-electron chi connectivity index (χ1n) is 5.29. The molecule has 0 heterocycles. The van der Waals surface area contributed by atoms with Gasteiger partial charge in [0.05, 0.1) is 0 Å². The molecule has 8 N–H and O–H groups in total. The van der Waals surface area contributed by atoms with Crippen molar-refractivity contribution in [1.82, 2.24) is 0 Å². The minimum atomic E-state index is -2.43. The molecule has 0 aliphatic heterocycles. The van der Waals surface area contributed by atoms with Crippen molar-refractivity contribution in [2.24, 2.45) is 11.5 Å². The Bertz CT molecular complexity index is 363. The molecule has 130 valence electrons. The number of aliphatic carboxylic acids is 4. The second-order valence-electron chi connectivity index (χ2n) is 4.51. The molecule has 0 aromatic heterocycles. The van der Waals surface area contributed by atoms with Crippen LogP contribution in [0.1, 0.15) is 25.7 Å². The van der Waals surface area contributed by atoms with Gasteiger partial charge in [-0.25, -0.2) is 0 Å². The smallest absolute Gasteiger partial charge is 0.0449 e. The number of carboxylic acids is 4. The summed E-state index contributed by atoms with van der Waals surface area (Å²) in [4.78, 5) is 42.5. The minimum absolute atomic E-state index is 0. The van der Waals surface area contributed by atoms with E-state index < -0.39 is 60.6 Å². The van der Waals surface area contributed by atoms with Crippen molar-refractivity contribution in [3.63, 3.8) is 0 Å². The van der Waals surface area contributed by atoms with Crippen LogP contribution in [0.4, 0.5) is 0 Å². The van der Waals surface area contributed by atoms with Crippen LogP contribution in [0.25, 0.3) is 0 Å². The number of rotatable bonds is 9. The molecule has 0 aliphatic rings. The Balaban J connectivity index is -0.00000180. The molecule has 0 aromatic carbocycles. The first-order chi connectivity index (χ1) is 8.92. The predicted octanol–water partition coefficient (Wildman–Crippen LogP) is -8.71. The van der Waals surface area contributed by atoms with Gasteiger partial charge in [0.25, 0.3) is 0 Å². The minimum Gasteiger partial charge on any atom is -0.550 e. The van der Waals surface area contributed by atoms with Crippen LogP contribution < -0.4 is 31.9 Å². The summed E-state index contributed by atoms with van der Waals surface area (Å²) >= 11 is 0. The van der Waals surface area contributed by atoms with Crippen LogP contribution in [-0.2, 0) is 19.2 Å². The zero-order valence-corrected chi connectivity index (χ0v) is 11.2. The fourth-order valence-electron chi connectivity index (χ4n) is 1.86. The maximum atomic E-state index is 10.6. The van der Waals surface area contributed by atoms with Crippen LogP contribution in [0.15, 0.2) is 0 Å². The van der Waals surface area contributed by atoms with E-state index in [0.717, 1.165) is 0 Å². The quantitative estimate of drug-likeness (QED) is 0.403. The van der Waals surface area contributed by atoms with Crippen LogP contribution in [0.3, 0.4) is 0 Å². The van der Waals surface area contributed by atoms with Gasteiger partial charge >= 0.3 is 0 Å². The summed E-state index contributed by atoms with van der Waals surface area (Å²) in [5.41, 5.74) is 6.20. The lowest BCUT2D eigenvalue weighted by molar-refractivity contribution is -0.319. The molecule has 0 saturated carbocycles. The number of carbonyl (C=O) groups excluding carboxylic acids is 4. The van der Waals surface area contributed by atoms with E-state index in [1.54, 1.807) is 0 Å². The number of nitrogens with two attached hydrogens (primary N) is 2. The molecule has 0 aromatic rings. The Morgan fingerprint density at radius 2 is 0.727 bits per heavy atom. The van der Waals surface area contributed by atoms with E-state index in [2.05, 4.69) is 0 Å². The second kappa shape index (κ2) is 8.89. The fourth-order valence-corrected chi connectivity index (χ4v) is 1.86. The van der Waals surface area contributed by atoms with Crippen LogP contribution in [0.2, 0.25) is 0 Å². The van der Waals surface area contributed by atoms with E-state index >= 15 is 0 Å². The first-order valence-corrected chi connectivity index (χ1v) is 5.29. The fraction of sp³-hybridized carbons (Fsp3) is 0.600. The summed E-state index contributed by atoms with van der Waals surface area (Å²) in [6, 6.07) is 0. The predicted molar refractivity (Wildman–Crippen MR) is 59.6 cm³/mol. The number of hydrogen-bond acceptors (Lipinski definition) is 10. The highest BCUT2D eigenvalue weighted by molar-refractivity contribution is 5.76. The van der Waals surface area contributed by atoms with Crippen molar-refractivity contribution in [1.29, 1.82) is 0 Å². The summed E-state index contributed by atoms with van der Waals surface area (Å²) in [5.74, 6) is -7.33. The molecule has 0 spiro atoms. The van der Waals surface area contributed by atoms with Gasteiger partial charge in [-0.1, -0.05) is 0 Å². The molecule has 22 heavy (non-hydrogen) atoms. The zero-order valence-electron chi connectivity index (χ0n) is 11.2. The molecular weight excluding hydrogens is 308 g/mol. The van der Waals surface area contributed by atoms with E-state index in [4.69, 9.17) is 11.5 Å². The Labute approximate surface area is 123 Å². The lowest BCUT2D eigenvalue weighted by atomic mass is 9.69. The van der Waals surface area contributed by atoms with Crippen molar-refractivity contribution in [3.05, 3.63) is 0 Å². The van der Waals surface area contributed by atoms with Crippen LogP contribution in [0.5, 0.6) is 0 Å². The summed E-state index contributed by atoms with van der Waals surface area (Å²) in [5, 5.41) is 42.5. The van der Waals surface area contributed by atoms with E-state index in [-0.39, 0.29) is 11.0 Å². The van der Waals surface area contributed by atoms with E-state index in [1.807, 2.05) is 0 Å². The molecule has 12 heteroatoms. The number of carboxylic acid groups (broad SMARTS) is 4. The third-order valence-electron chi connectivity index (χ3n) is 2.83. The van der Waals surface area contributed by atoms with Gasteiger partial charge in [0.2, 0.25) is 0 Å². The standard InChI is InChI=1S/C10H16N2O8.2H2O/c11-9(1-5(13)14,2-6(15)16)10(12,3-7(17)18)4-8(19)20;;/h1-4,11-12H2,(H,13,14)(H,15,16)(H,17,18)(H,19,20);2*1H2/p-4. The van der Waals surface area contributed by atoms with Crippen molar-refractivity contribution in [2.75, 3.05) is 0 Å². The average Bonchev–Trinajstić information content (AvgIpc) is 2.10.